The minimum atomic E-state index is 0.0546. The van der Waals surface area contributed by atoms with Crippen LogP contribution in [0.4, 0.5) is 0 Å². The molecule has 2 N–H and O–H groups in total. The van der Waals surface area contributed by atoms with Crippen LogP contribution in [0.5, 0.6) is 0 Å². The highest BCUT2D eigenvalue weighted by Gasteiger charge is 2.00. The van der Waals surface area contributed by atoms with Crippen molar-refractivity contribution in [2.45, 2.75) is 32.7 Å². The molecule has 0 unspecified atom stereocenters. The molecule has 5 heteroatoms. The zero-order valence-corrected chi connectivity index (χ0v) is 11.3. The van der Waals surface area contributed by atoms with Crippen LogP contribution >= 0.6 is 0 Å². The molecular formula is C12H26N2O3. The summed E-state index contributed by atoms with van der Waals surface area (Å²) in [6.45, 7) is 7.14. The summed E-state index contributed by atoms with van der Waals surface area (Å²) in [5, 5.41) is 5.93. The first-order chi connectivity index (χ1) is 8.16. The molecule has 0 spiro atoms. The molecule has 0 bridgehead atoms. The summed E-state index contributed by atoms with van der Waals surface area (Å²) in [4.78, 5) is 11.3. The van der Waals surface area contributed by atoms with Gasteiger partial charge in [0.2, 0.25) is 5.91 Å². The molecule has 0 aliphatic rings. The lowest BCUT2D eigenvalue weighted by Crippen LogP contribution is -2.37. The highest BCUT2D eigenvalue weighted by molar-refractivity contribution is 5.77. The summed E-state index contributed by atoms with van der Waals surface area (Å²) in [5.41, 5.74) is 0. The van der Waals surface area contributed by atoms with E-state index in [9.17, 15) is 4.79 Å². The predicted octanol–water partition coefficient (Wildman–Crippen LogP) is 0.544. The number of unbranched alkanes of at least 4 members (excludes halogenated alkanes) is 1. The second kappa shape index (κ2) is 11.8. The van der Waals surface area contributed by atoms with Crippen LogP contribution in [0.1, 0.15) is 26.7 Å². The number of nitrogens with one attached hydrogen (secondary N) is 2. The fourth-order valence-electron chi connectivity index (χ4n) is 1.16. The summed E-state index contributed by atoms with van der Waals surface area (Å²) in [5.74, 6) is 0.0546. The number of carbonyl (C=O) groups excluding carboxylic acids is 1. The lowest BCUT2D eigenvalue weighted by atomic mass is 10.3. The minimum absolute atomic E-state index is 0.0546. The third-order valence-electron chi connectivity index (χ3n) is 2.14. The lowest BCUT2D eigenvalue weighted by molar-refractivity contribution is -0.120. The number of hydrogen-bond acceptors (Lipinski definition) is 4. The van der Waals surface area contributed by atoms with Crippen molar-refractivity contribution in [3.8, 4) is 0 Å². The van der Waals surface area contributed by atoms with Crippen molar-refractivity contribution in [3.05, 3.63) is 0 Å². The molecule has 1 amide bonds. The molecule has 0 heterocycles. The monoisotopic (exact) mass is 246 g/mol. The molecule has 0 saturated carbocycles. The lowest BCUT2D eigenvalue weighted by Gasteiger charge is -2.08. The maximum absolute atomic E-state index is 11.3. The summed E-state index contributed by atoms with van der Waals surface area (Å²) in [7, 11) is 1.66. The maximum atomic E-state index is 11.3. The van der Waals surface area contributed by atoms with E-state index in [0.29, 0.717) is 32.3 Å². The van der Waals surface area contributed by atoms with Crippen molar-refractivity contribution in [2.75, 3.05) is 40.0 Å². The molecule has 0 aromatic carbocycles. The van der Waals surface area contributed by atoms with Gasteiger partial charge in [-0.25, -0.2) is 0 Å². The Morgan fingerprint density at radius 2 is 1.94 bits per heavy atom. The highest BCUT2D eigenvalue weighted by Crippen LogP contribution is 1.88. The molecule has 0 radical (unpaired) electrons. The van der Waals surface area contributed by atoms with Crippen LogP contribution in [-0.4, -0.2) is 52.0 Å². The Balaban J connectivity index is 3.14. The van der Waals surface area contributed by atoms with Crippen molar-refractivity contribution in [1.82, 2.24) is 10.6 Å². The van der Waals surface area contributed by atoms with Gasteiger partial charge in [-0.05, 0) is 12.8 Å². The van der Waals surface area contributed by atoms with Gasteiger partial charge in [0, 0.05) is 26.3 Å². The molecule has 0 aromatic rings. The molecule has 102 valence electrons. The Hall–Kier alpha value is -0.650. The molecule has 5 nitrogen and oxygen atoms in total. The summed E-state index contributed by atoms with van der Waals surface area (Å²) in [6.07, 6.45) is 1.90. The van der Waals surface area contributed by atoms with Crippen molar-refractivity contribution in [1.29, 1.82) is 0 Å². The molecule has 0 saturated heterocycles. The Bertz CT molecular complexity index is 187. The van der Waals surface area contributed by atoms with Crippen LogP contribution in [0.3, 0.4) is 0 Å². The van der Waals surface area contributed by atoms with E-state index >= 15 is 0 Å². The van der Waals surface area contributed by atoms with Gasteiger partial charge < -0.3 is 20.1 Å². The van der Waals surface area contributed by atoms with Gasteiger partial charge in [0.25, 0.3) is 0 Å². The third kappa shape index (κ3) is 13.3. The largest absolute Gasteiger partial charge is 0.382 e. The van der Waals surface area contributed by atoms with Crippen molar-refractivity contribution in [3.63, 3.8) is 0 Å². The number of ether oxygens (including phenoxy) is 2. The first-order valence-electron chi connectivity index (χ1n) is 6.23. The maximum Gasteiger partial charge on any atom is 0.233 e. The Labute approximate surface area is 104 Å². The van der Waals surface area contributed by atoms with E-state index in [4.69, 9.17) is 9.47 Å². The molecule has 0 aromatic heterocycles. The molecule has 0 fully saturated rings. The smallest absolute Gasteiger partial charge is 0.233 e. The number of amides is 1. The van der Waals surface area contributed by atoms with Crippen LogP contribution in [0, 0.1) is 0 Å². The van der Waals surface area contributed by atoms with E-state index in [1.807, 2.05) is 13.8 Å². The second-order valence-electron chi connectivity index (χ2n) is 4.20. The van der Waals surface area contributed by atoms with Gasteiger partial charge in [-0.15, -0.1) is 0 Å². The van der Waals surface area contributed by atoms with Crippen LogP contribution in [0.2, 0.25) is 0 Å². The van der Waals surface area contributed by atoms with Crippen molar-refractivity contribution in [2.24, 2.45) is 0 Å². The highest BCUT2D eigenvalue weighted by atomic mass is 16.5. The number of carbonyl (C=O) groups is 1. The van der Waals surface area contributed by atoms with Crippen LogP contribution in [-0.2, 0) is 14.3 Å². The van der Waals surface area contributed by atoms with E-state index < -0.39 is 0 Å². The molecule has 0 rings (SSSR count). The number of hydrogen-bond donors (Lipinski definition) is 2. The number of methoxy groups -OCH3 is 1. The molecule has 0 aliphatic heterocycles. The summed E-state index contributed by atoms with van der Waals surface area (Å²) >= 11 is 0. The predicted molar refractivity (Wildman–Crippen MR) is 68.1 cm³/mol. The van der Waals surface area contributed by atoms with Gasteiger partial charge >= 0.3 is 0 Å². The standard InChI is InChI=1S/C12H26N2O3/c1-11(2)14-10-12(15)13-6-4-5-7-17-9-8-16-3/h11,14H,4-10H2,1-3H3,(H,13,15). The summed E-state index contributed by atoms with van der Waals surface area (Å²) in [6, 6.07) is 0.343. The van der Waals surface area contributed by atoms with E-state index in [1.165, 1.54) is 0 Å². The Kier molecular flexibility index (Phi) is 11.4. The fourth-order valence-corrected chi connectivity index (χ4v) is 1.16. The number of rotatable bonds is 11. The minimum Gasteiger partial charge on any atom is -0.382 e. The average molecular weight is 246 g/mol. The van der Waals surface area contributed by atoms with E-state index in [2.05, 4.69) is 10.6 Å². The van der Waals surface area contributed by atoms with Gasteiger partial charge in [-0.3, -0.25) is 4.79 Å². The van der Waals surface area contributed by atoms with E-state index in [-0.39, 0.29) is 5.91 Å². The molecule has 0 aliphatic carbocycles. The van der Waals surface area contributed by atoms with E-state index in [1.54, 1.807) is 7.11 Å². The van der Waals surface area contributed by atoms with Crippen LogP contribution in [0.25, 0.3) is 0 Å². The van der Waals surface area contributed by atoms with Gasteiger partial charge in [-0.1, -0.05) is 13.8 Å². The molecule has 17 heavy (non-hydrogen) atoms. The third-order valence-corrected chi connectivity index (χ3v) is 2.14. The first kappa shape index (κ1) is 16.4. The summed E-state index contributed by atoms with van der Waals surface area (Å²) < 4.78 is 10.2. The van der Waals surface area contributed by atoms with Crippen LogP contribution < -0.4 is 10.6 Å². The van der Waals surface area contributed by atoms with Crippen LogP contribution in [0.15, 0.2) is 0 Å². The SMILES string of the molecule is COCCOCCCCNC(=O)CNC(C)C. The fraction of sp³-hybridized carbons (Fsp3) is 0.917. The van der Waals surface area contributed by atoms with Gasteiger partial charge in [-0.2, -0.15) is 0 Å². The van der Waals surface area contributed by atoms with Gasteiger partial charge in [0.15, 0.2) is 0 Å². The topological polar surface area (TPSA) is 59.6 Å². The van der Waals surface area contributed by atoms with Gasteiger partial charge in [0.1, 0.15) is 0 Å². The molecule has 0 atom stereocenters. The van der Waals surface area contributed by atoms with Crippen molar-refractivity contribution < 1.29 is 14.3 Å². The second-order valence-corrected chi connectivity index (χ2v) is 4.20. The van der Waals surface area contributed by atoms with Gasteiger partial charge in [0.05, 0.1) is 19.8 Å². The zero-order valence-electron chi connectivity index (χ0n) is 11.3. The average Bonchev–Trinajstić information content (AvgIpc) is 2.30. The quantitative estimate of drug-likeness (QED) is 0.523. The normalized spacial score (nSPS) is 10.8. The van der Waals surface area contributed by atoms with Crippen molar-refractivity contribution >= 4 is 5.91 Å². The van der Waals surface area contributed by atoms with E-state index in [0.717, 1.165) is 19.4 Å². The Morgan fingerprint density at radius 1 is 1.18 bits per heavy atom. The first-order valence-corrected chi connectivity index (χ1v) is 6.23. The molecular weight excluding hydrogens is 220 g/mol. The Morgan fingerprint density at radius 3 is 2.59 bits per heavy atom. The zero-order chi connectivity index (χ0) is 12.9.